The molecule has 0 aliphatic heterocycles. The molecular formula is C47H37N3O2. The highest BCUT2D eigenvalue weighted by Crippen LogP contribution is 2.38. The second kappa shape index (κ2) is 10.3. The van der Waals surface area contributed by atoms with Gasteiger partial charge in [0, 0.05) is 32.3 Å². The number of pyridine rings is 3. The molecule has 0 aliphatic rings. The molecule has 10 aromatic rings. The second-order valence-electron chi connectivity index (χ2n) is 16.4. The van der Waals surface area contributed by atoms with Crippen molar-refractivity contribution in [3.8, 4) is 11.1 Å². The molecule has 6 aromatic carbocycles. The Hall–Kier alpha value is -6.07. The van der Waals surface area contributed by atoms with Gasteiger partial charge in [0.25, 0.3) is 0 Å². The summed E-state index contributed by atoms with van der Waals surface area (Å²) in [5, 5.41) is 5.70. The number of para-hydroxylation sites is 2. The predicted molar refractivity (Wildman–Crippen MR) is 218 cm³/mol. The van der Waals surface area contributed by atoms with Crippen molar-refractivity contribution in [2.75, 3.05) is 0 Å². The molecule has 10 rings (SSSR count). The molecule has 52 heavy (non-hydrogen) atoms. The zero-order valence-corrected chi connectivity index (χ0v) is 30.1. The number of benzene rings is 6. The van der Waals surface area contributed by atoms with Crippen LogP contribution < -0.4 is 10.9 Å². The van der Waals surface area contributed by atoms with E-state index in [-0.39, 0.29) is 21.7 Å². The molecule has 5 nitrogen and oxygen atoms in total. The highest BCUT2D eigenvalue weighted by molar-refractivity contribution is 6.15. The standard InChI is InChI=1S/C47H37N3O2/c1-46(2,3)28-16-19-33-40(24-28)49-41-25-29(47(4,5)6)17-20-34(41)44(52)36-22-27(21-35(42(36)49)43(33)51)26-15-18-31-30-11-7-8-12-32(30)45-48-37-13-9-10-14-38(37)50(45)39(31)23-26/h7-25H,1-6H3. The first kappa shape index (κ1) is 30.7. The normalized spacial score (nSPS) is 13.0. The van der Waals surface area contributed by atoms with Gasteiger partial charge in [-0.1, -0.05) is 102 Å². The van der Waals surface area contributed by atoms with Crippen molar-refractivity contribution in [2.24, 2.45) is 0 Å². The number of aromatic nitrogens is 3. The molecule has 0 unspecified atom stereocenters. The van der Waals surface area contributed by atoms with Crippen molar-refractivity contribution in [1.82, 2.24) is 13.8 Å². The number of rotatable bonds is 1. The van der Waals surface area contributed by atoms with Gasteiger partial charge in [-0.15, -0.1) is 0 Å². The molecule has 0 saturated heterocycles. The highest BCUT2D eigenvalue weighted by atomic mass is 16.1. The zero-order valence-electron chi connectivity index (χ0n) is 30.1. The fourth-order valence-corrected chi connectivity index (χ4v) is 8.29. The van der Waals surface area contributed by atoms with Crippen LogP contribution in [-0.4, -0.2) is 13.8 Å². The van der Waals surface area contributed by atoms with E-state index in [1.165, 1.54) is 0 Å². The minimum absolute atomic E-state index is 0.0668. The van der Waals surface area contributed by atoms with E-state index in [1.54, 1.807) is 0 Å². The number of hydrogen-bond acceptors (Lipinski definition) is 3. The van der Waals surface area contributed by atoms with Crippen LogP contribution in [0.2, 0.25) is 0 Å². The largest absolute Gasteiger partial charge is 0.307 e. The summed E-state index contributed by atoms with van der Waals surface area (Å²) in [6.07, 6.45) is 0. The minimum Gasteiger partial charge on any atom is -0.307 e. The first-order valence-electron chi connectivity index (χ1n) is 18.0. The molecule has 0 atom stereocenters. The lowest BCUT2D eigenvalue weighted by atomic mass is 9.85. The Bertz CT molecular complexity index is 3180. The lowest BCUT2D eigenvalue weighted by Gasteiger charge is -2.23. The molecule has 0 amide bonds. The van der Waals surface area contributed by atoms with Gasteiger partial charge in [-0.2, -0.15) is 0 Å². The van der Waals surface area contributed by atoms with Crippen molar-refractivity contribution < 1.29 is 0 Å². The fraction of sp³-hybridized carbons (Fsp3) is 0.170. The van der Waals surface area contributed by atoms with Crippen molar-refractivity contribution in [1.29, 1.82) is 0 Å². The third kappa shape index (κ3) is 4.19. The van der Waals surface area contributed by atoms with Crippen molar-refractivity contribution >= 4 is 76.5 Å². The molecule has 0 fully saturated rings. The quantitative estimate of drug-likeness (QED) is 0.129. The Morgan fingerprint density at radius 1 is 0.442 bits per heavy atom. The van der Waals surface area contributed by atoms with Crippen LogP contribution in [-0.2, 0) is 10.8 Å². The van der Waals surface area contributed by atoms with E-state index in [2.05, 4.69) is 129 Å². The Kier molecular flexibility index (Phi) is 6.06. The summed E-state index contributed by atoms with van der Waals surface area (Å²) in [6.45, 7) is 13.1. The molecule has 0 saturated carbocycles. The topological polar surface area (TPSA) is 55.9 Å². The van der Waals surface area contributed by atoms with Crippen LogP contribution in [0, 0.1) is 0 Å². The maximum absolute atomic E-state index is 14.6. The molecule has 252 valence electrons. The third-order valence-corrected chi connectivity index (χ3v) is 11.1. The number of fused-ring (bicyclic) bond motifs is 12. The van der Waals surface area contributed by atoms with Gasteiger partial charge in [0.1, 0.15) is 5.65 Å². The first-order chi connectivity index (χ1) is 24.9. The van der Waals surface area contributed by atoms with Crippen molar-refractivity contribution in [2.45, 2.75) is 52.4 Å². The van der Waals surface area contributed by atoms with Gasteiger partial charge in [-0.25, -0.2) is 4.98 Å². The summed E-state index contributed by atoms with van der Waals surface area (Å²) in [6, 6.07) is 39.4. The average Bonchev–Trinajstić information content (AvgIpc) is 3.53. The average molecular weight is 676 g/mol. The van der Waals surface area contributed by atoms with Gasteiger partial charge in [0.2, 0.25) is 0 Å². The first-order valence-corrected chi connectivity index (χ1v) is 18.0. The van der Waals surface area contributed by atoms with Crippen LogP contribution >= 0.6 is 0 Å². The SMILES string of the molecule is CC(C)(C)c1ccc2c(=O)c3cc(-c4ccc5c6ccccc6c6nc7ccccc7n6c5c4)cc4c(=O)c5ccc(C(C)(C)C)cc5n(c2c1)c34. The molecule has 0 aliphatic carbocycles. The molecule has 0 N–H and O–H groups in total. The van der Waals surface area contributed by atoms with Gasteiger partial charge < -0.3 is 4.40 Å². The van der Waals surface area contributed by atoms with E-state index in [1.807, 2.05) is 36.4 Å². The smallest absolute Gasteiger partial charge is 0.197 e. The van der Waals surface area contributed by atoms with E-state index in [0.29, 0.717) is 27.1 Å². The third-order valence-electron chi connectivity index (χ3n) is 11.1. The van der Waals surface area contributed by atoms with Crippen LogP contribution in [0.1, 0.15) is 52.7 Å². The molecule has 4 heterocycles. The summed E-state index contributed by atoms with van der Waals surface area (Å²) in [4.78, 5) is 34.3. The van der Waals surface area contributed by atoms with Gasteiger partial charge in [-0.05, 0) is 93.1 Å². The van der Waals surface area contributed by atoms with Crippen LogP contribution in [0.4, 0.5) is 0 Å². The fourth-order valence-electron chi connectivity index (χ4n) is 8.29. The van der Waals surface area contributed by atoms with Crippen LogP contribution in [0.15, 0.2) is 125 Å². The van der Waals surface area contributed by atoms with Gasteiger partial charge >= 0.3 is 0 Å². The van der Waals surface area contributed by atoms with E-state index in [4.69, 9.17) is 4.98 Å². The molecule has 4 aromatic heterocycles. The minimum atomic E-state index is -0.125. The summed E-state index contributed by atoms with van der Waals surface area (Å²) < 4.78 is 4.42. The summed E-state index contributed by atoms with van der Waals surface area (Å²) in [5.41, 5.74) is 9.84. The van der Waals surface area contributed by atoms with Gasteiger partial charge in [0.15, 0.2) is 10.9 Å². The van der Waals surface area contributed by atoms with Crippen LogP contribution in [0.3, 0.4) is 0 Å². The maximum atomic E-state index is 14.6. The van der Waals surface area contributed by atoms with Crippen molar-refractivity contribution in [3.05, 3.63) is 147 Å². The van der Waals surface area contributed by atoms with E-state index < -0.39 is 0 Å². The lowest BCUT2D eigenvalue weighted by Crippen LogP contribution is -2.17. The van der Waals surface area contributed by atoms with Gasteiger partial charge in [0.05, 0.1) is 33.1 Å². The second-order valence-corrected chi connectivity index (χ2v) is 16.4. The predicted octanol–water partition coefficient (Wildman–Crippen LogP) is 10.9. The molecule has 0 radical (unpaired) electrons. The number of hydrogen-bond donors (Lipinski definition) is 0. The molecule has 0 bridgehead atoms. The molecule has 0 spiro atoms. The van der Waals surface area contributed by atoms with Crippen LogP contribution in [0.25, 0.3) is 87.6 Å². The Morgan fingerprint density at radius 3 is 1.60 bits per heavy atom. The van der Waals surface area contributed by atoms with E-state index >= 15 is 0 Å². The number of imidazole rings is 1. The zero-order chi connectivity index (χ0) is 35.8. The van der Waals surface area contributed by atoms with Crippen LogP contribution in [0.5, 0.6) is 0 Å². The van der Waals surface area contributed by atoms with Crippen molar-refractivity contribution in [3.63, 3.8) is 0 Å². The number of nitrogens with zero attached hydrogens (tertiary/aromatic N) is 3. The summed E-state index contributed by atoms with van der Waals surface area (Å²) in [5.74, 6) is 0. The summed E-state index contributed by atoms with van der Waals surface area (Å²) >= 11 is 0. The Balaban J connectivity index is 1.36. The molecule has 5 heteroatoms. The summed E-state index contributed by atoms with van der Waals surface area (Å²) in [7, 11) is 0. The van der Waals surface area contributed by atoms with E-state index in [0.717, 1.165) is 71.6 Å². The van der Waals surface area contributed by atoms with Gasteiger partial charge in [-0.3, -0.25) is 14.0 Å². The Morgan fingerprint density at radius 2 is 0.981 bits per heavy atom. The lowest BCUT2D eigenvalue weighted by molar-refractivity contribution is 0.591. The highest BCUT2D eigenvalue weighted by Gasteiger charge is 2.23. The molecular weight excluding hydrogens is 639 g/mol. The Labute approximate surface area is 299 Å². The monoisotopic (exact) mass is 675 g/mol. The maximum Gasteiger partial charge on any atom is 0.197 e. The van der Waals surface area contributed by atoms with E-state index in [9.17, 15) is 9.59 Å².